The van der Waals surface area contributed by atoms with Crippen LogP contribution in [0.2, 0.25) is 5.02 Å². The number of nitro groups is 1. The van der Waals surface area contributed by atoms with E-state index in [2.05, 4.69) is 0 Å². The molecule has 0 aliphatic heterocycles. The summed E-state index contributed by atoms with van der Waals surface area (Å²) in [5.74, 6) is -0.124. The molecular weight excluding hydrogens is 291 g/mol. The van der Waals surface area contributed by atoms with Gasteiger partial charge in [0.1, 0.15) is 5.56 Å². The second-order valence-corrected chi connectivity index (χ2v) is 5.09. The van der Waals surface area contributed by atoms with Crippen LogP contribution in [0.3, 0.4) is 0 Å². The predicted octanol–water partition coefficient (Wildman–Crippen LogP) is 3.09. The summed E-state index contributed by atoms with van der Waals surface area (Å²) >= 11 is 11.6. The van der Waals surface area contributed by atoms with E-state index in [1.165, 1.54) is 18.2 Å². The zero-order valence-corrected chi connectivity index (χ0v) is 11.5. The summed E-state index contributed by atoms with van der Waals surface area (Å²) in [5.41, 5.74) is -0.316. The average molecular weight is 303 g/mol. The number of hydrogen-bond donors (Lipinski definition) is 0. The number of rotatable bonds is 5. The van der Waals surface area contributed by atoms with E-state index in [0.717, 1.165) is 12.8 Å². The third kappa shape index (κ3) is 2.98. The average Bonchev–Trinajstić information content (AvgIpc) is 3.19. The highest BCUT2D eigenvalue weighted by Gasteiger charge is 2.36. The summed E-state index contributed by atoms with van der Waals surface area (Å²) < 4.78 is 0. The Balaban J connectivity index is 2.39. The van der Waals surface area contributed by atoms with Crippen LogP contribution in [0.5, 0.6) is 0 Å². The monoisotopic (exact) mass is 302 g/mol. The fourth-order valence-electron chi connectivity index (χ4n) is 1.95. The lowest BCUT2D eigenvalue weighted by atomic mass is 10.1. The topological polar surface area (TPSA) is 63.4 Å². The molecule has 0 heterocycles. The number of halogens is 2. The van der Waals surface area contributed by atoms with Gasteiger partial charge in [-0.3, -0.25) is 14.9 Å². The van der Waals surface area contributed by atoms with E-state index in [9.17, 15) is 14.9 Å². The first-order valence-corrected chi connectivity index (χ1v) is 6.77. The molecule has 19 heavy (non-hydrogen) atoms. The zero-order chi connectivity index (χ0) is 14.0. The maximum absolute atomic E-state index is 12.4. The minimum Gasteiger partial charge on any atom is -0.334 e. The van der Waals surface area contributed by atoms with Gasteiger partial charge in [0.05, 0.1) is 9.95 Å². The van der Waals surface area contributed by atoms with Crippen LogP contribution in [0, 0.1) is 10.1 Å². The summed E-state index contributed by atoms with van der Waals surface area (Å²) in [6.07, 6.45) is 1.81. The summed E-state index contributed by atoms with van der Waals surface area (Å²) in [6.45, 7) is 0.368. The number of nitro benzene ring substituents is 1. The lowest BCUT2D eigenvalue weighted by Gasteiger charge is -2.21. The van der Waals surface area contributed by atoms with Crippen LogP contribution in [-0.2, 0) is 0 Å². The number of hydrogen-bond acceptors (Lipinski definition) is 3. The van der Waals surface area contributed by atoms with Gasteiger partial charge in [-0.05, 0) is 18.9 Å². The molecule has 1 aromatic rings. The summed E-state index contributed by atoms with van der Waals surface area (Å²) in [5, 5.41) is 11.1. The van der Waals surface area contributed by atoms with Crippen molar-refractivity contribution in [3.8, 4) is 0 Å². The smallest absolute Gasteiger partial charge is 0.283 e. The van der Waals surface area contributed by atoms with E-state index in [-0.39, 0.29) is 22.3 Å². The molecule has 1 saturated carbocycles. The van der Waals surface area contributed by atoms with Gasteiger partial charge < -0.3 is 4.90 Å². The number of amides is 1. The highest BCUT2D eigenvalue weighted by Crippen LogP contribution is 2.33. The highest BCUT2D eigenvalue weighted by atomic mass is 35.5. The van der Waals surface area contributed by atoms with Crippen LogP contribution in [0.25, 0.3) is 0 Å². The Labute approximate surface area is 120 Å². The molecule has 0 atom stereocenters. The fourth-order valence-corrected chi connectivity index (χ4v) is 2.38. The number of benzene rings is 1. The van der Waals surface area contributed by atoms with Crippen molar-refractivity contribution in [2.75, 3.05) is 12.4 Å². The molecule has 7 heteroatoms. The van der Waals surface area contributed by atoms with Crippen molar-refractivity contribution in [3.63, 3.8) is 0 Å². The molecule has 1 amide bonds. The molecule has 2 rings (SSSR count). The Morgan fingerprint density at radius 3 is 2.68 bits per heavy atom. The Morgan fingerprint density at radius 2 is 2.16 bits per heavy atom. The van der Waals surface area contributed by atoms with Crippen molar-refractivity contribution in [2.24, 2.45) is 0 Å². The van der Waals surface area contributed by atoms with Gasteiger partial charge in [-0.25, -0.2) is 0 Å². The van der Waals surface area contributed by atoms with Crippen molar-refractivity contribution in [1.29, 1.82) is 0 Å². The number of alkyl halides is 1. The molecule has 0 saturated heterocycles. The SMILES string of the molecule is O=C(c1c(Cl)cccc1[N+](=O)[O-])N(CCCl)C1CC1. The quantitative estimate of drug-likeness (QED) is 0.477. The van der Waals surface area contributed by atoms with Crippen molar-refractivity contribution < 1.29 is 9.72 Å². The summed E-state index contributed by atoms with van der Waals surface area (Å²) in [7, 11) is 0. The molecule has 102 valence electrons. The van der Waals surface area contributed by atoms with Crippen LogP contribution in [0.15, 0.2) is 18.2 Å². The van der Waals surface area contributed by atoms with Gasteiger partial charge in [-0.2, -0.15) is 0 Å². The van der Waals surface area contributed by atoms with Crippen LogP contribution in [0.1, 0.15) is 23.2 Å². The van der Waals surface area contributed by atoms with E-state index in [4.69, 9.17) is 23.2 Å². The molecule has 0 unspecified atom stereocenters. The standard InChI is InChI=1S/C12H12Cl2N2O3/c13-6-7-15(8-4-5-8)12(17)11-9(14)2-1-3-10(11)16(18)19/h1-3,8H,4-7H2. The van der Waals surface area contributed by atoms with Gasteiger partial charge in [0.15, 0.2) is 0 Å². The number of carbonyl (C=O) groups is 1. The summed E-state index contributed by atoms with van der Waals surface area (Å²) in [6, 6.07) is 4.35. The highest BCUT2D eigenvalue weighted by molar-refractivity contribution is 6.34. The Morgan fingerprint density at radius 1 is 1.47 bits per heavy atom. The zero-order valence-electron chi connectivity index (χ0n) is 10.0. The third-order valence-corrected chi connectivity index (χ3v) is 3.46. The normalized spacial score (nSPS) is 14.2. The van der Waals surface area contributed by atoms with Crippen molar-refractivity contribution in [1.82, 2.24) is 4.90 Å². The first-order valence-electron chi connectivity index (χ1n) is 5.86. The molecule has 0 N–H and O–H groups in total. The minimum absolute atomic E-state index is 0.0498. The molecule has 1 fully saturated rings. The van der Waals surface area contributed by atoms with Gasteiger partial charge in [0.2, 0.25) is 0 Å². The number of nitrogens with zero attached hydrogens (tertiary/aromatic N) is 2. The molecule has 0 spiro atoms. The van der Waals surface area contributed by atoms with E-state index < -0.39 is 10.8 Å². The third-order valence-electron chi connectivity index (χ3n) is 2.98. The van der Waals surface area contributed by atoms with Gasteiger partial charge in [0, 0.05) is 24.5 Å². The van der Waals surface area contributed by atoms with E-state index in [0.29, 0.717) is 12.4 Å². The molecular formula is C12H12Cl2N2O3. The lowest BCUT2D eigenvalue weighted by Crippen LogP contribution is -2.35. The van der Waals surface area contributed by atoms with Gasteiger partial charge >= 0.3 is 0 Å². The first-order chi connectivity index (χ1) is 9.06. The predicted molar refractivity (Wildman–Crippen MR) is 72.9 cm³/mol. The molecule has 0 aromatic heterocycles. The van der Waals surface area contributed by atoms with Crippen molar-refractivity contribution >= 4 is 34.8 Å². The molecule has 1 aliphatic carbocycles. The maximum Gasteiger partial charge on any atom is 0.283 e. The second-order valence-electron chi connectivity index (χ2n) is 4.31. The molecule has 0 bridgehead atoms. The molecule has 0 radical (unpaired) electrons. The van der Waals surface area contributed by atoms with Crippen LogP contribution >= 0.6 is 23.2 Å². The van der Waals surface area contributed by atoms with Crippen LogP contribution < -0.4 is 0 Å². The van der Waals surface area contributed by atoms with Gasteiger partial charge in [-0.1, -0.05) is 17.7 Å². The molecule has 5 nitrogen and oxygen atoms in total. The van der Waals surface area contributed by atoms with Gasteiger partial charge in [-0.15, -0.1) is 11.6 Å². The fraction of sp³-hybridized carbons (Fsp3) is 0.417. The van der Waals surface area contributed by atoms with Crippen molar-refractivity contribution in [2.45, 2.75) is 18.9 Å². The van der Waals surface area contributed by atoms with E-state index in [1.807, 2.05) is 0 Å². The number of carbonyl (C=O) groups excluding carboxylic acids is 1. The largest absolute Gasteiger partial charge is 0.334 e. The lowest BCUT2D eigenvalue weighted by molar-refractivity contribution is -0.385. The summed E-state index contributed by atoms with van der Waals surface area (Å²) in [4.78, 5) is 24.4. The minimum atomic E-state index is -0.592. The Kier molecular flexibility index (Phi) is 4.27. The van der Waals surface area contributed by atoms with Gasteiger partial charge in [0.25, 0.3) is 11.6 Å². The Bertz CT molecular complexity index is 518. The van der Waals surface area contributed by atoms with Crippen LogP contribution in [-0.4, -0.2) is 34.2 Å². The van der Waals surface area contributed by atoms with E-state index >= 15 is 0 Å². The second kappa shape index (κ2) is 5.75. The maximum atomic E-state index is 12.4. The van der Waals surface area contributed by atoms with Crippen molar-refractivity contribution in [3.05, 3.63) is 38.9 Å². The molecule has 1 aromatic carbocycles. The first kappa shape index (κ1) is 14.1. The molecule has 1 aliphatic rings. The van der Waals surface area contributed by atoms with E-state index in [1.54, 1.807) is 4.90 Å². The Hall–Kier alpha value is -1.33. The van der Waals surface area contributed by atoms with Crippen LogP contribution in [0.4, 0.5) is 5.69 Å².